The fourth-order valence-corrected chi connectivity index (χ4v) is 3.73. The van der Waals surface area contributed by atoms with Gasteiger partial charge in [0.25, 0.3) is 0 Å². The monoisotopic (exact) mass is 304 g/mol. The summed E-state index contributed by atoms with van der Waals surface area (Å²) in [6.45, 7) is 0. The van der Waals surface area contributed by atoms with Gasteiger partial charge in [0.2, 0.25) is 0 Å². The largest absolute Gasteiger partial charge is 0.192 e. The summed E-state index contributed by atoms with van der Waals surface area (Å²) in [4.78, 5) is 0. The molecule has 5 heteroatoms. The molecule has 106 valence electrons. The first-order valence-corrected chi connectivity index (χ1v) is 8.20. The minimum Gasteiger partial charge on any atom is -0.192 e. The van der Waals surface area contributed by atoms with Gasteiger partial charge in [-0.3, -0.25) is 0 Å². The smallest absolute Gasteiger partial charge is 0.186 e. The Balaban J connectivity index is 1.80. The third-order valence-corrected chi connectivity index (χ3v) is 4.87. The molecule has 3 aromatic heterocycles. The molecule has 0 aliphatic heterocycles. The normalized spacial score (nSPS) is 13.1. The Kier molecular flexibility index (Phi) is 2.46. The molecule has 0 saturated carbocycles. The lowest BCUT2D eigenvalue weighted by Gasteiger charge is -2.18. The second kappa shape index (κ2) is 4.48. The first kappa shape index (κ1) is 12.1. The summed E-state index contributed by atoms with van der Waals surface area (Å²) in [7, 11) is 0. The number of benzene rings is 1. The molecule has 3 heterocycles. The van der Waals surface area contributed by atoms with Gasteiger partial charge in [-0.05, 0) is 41.5 Å². The molecule has 1 aliphatic carbocycles. The number of hydrogen-bond acceptors (Lipinski definition) is 4. The second-order valence-electron chi connectivity index (χ2n) is 5.48. The lowest BCUT2D eigenvalue weighted by atomic mass is 9.89. The van der Waals surface area contributed by atoms with Crippen molar-refractivity contribution in [3.05, 3.63) is 58.3 Å². The van der Waals surface area contributed by atoms with E-state index < -0.39 is 0 Å². The molecule has 0 spiro atoms. The van der Waals surface area contributed by atoms with E-state index >= 15 is 0 Å². The molecule has 4 aromatic rings. The predicted molar refractivity (Wildman–Crippen MR) is 86.9 cm³/mol. The van der Waals surface area contributed by atoms with Gasteiger partial charge in [0.1, 0.15) is 0 Å². The number of aryl methyl sites for hydroxylation is 2. The van der Waals surface area contributed by atoms with Crippen LogP contribution in [0.2, 0.25) is 0 Å². The number of nitrogens with zero attached hydrogens (tertiary/aromatic N) is 4. The molecule has 0 amide bonds. The maximum atomic E-state index is 4.87. The van der Waals surface area contributed by atoms with E-state index in [-0.39, 0.29) is 0 Å². The Morgan fingerprint density at radius 1 is 1.00 bits per heavy atom. The summed E-state index contributed by atoms with van der Waals surface area (Å²) in [6, 6.07) is 12.7. The highest BCUT2D eigenvalue weighted by molar-refractivity contribution is 7.08. The standard InChI is InChI=1S/C17H12N4S/c1-2-4-14-11(3-1)5-6-12-9-15-18-19-17(13-7-8-22-10-13)21(15)20-16(12)14/h1-4,7-10H,5-6H2. The Labute approximate surface area is 131 Å². The molecule has 0 bridgehead atoms. The molecule has 0 fully saturated rings. The number of hydrogen-bond donors (Lipinski definition) is 0. The van der Waals surface area contributed by atoms with E-state index in [1.807, 2.05) is 9.90 Å². The second-order valence-corrected chi connectivity index (χ2v) is 6.26. The van der Waals surface area contributed by atoms with Crippen LogP contribution >= 0.6 is 11.3 Å². The van der Waals surface area contributed by atoms with Crippen molar-refractivity contribution >= 4 is 17.0 Å². The number of thiophene rings is 1. The molecule has 0 unspecified atom stereocenters. The highest BCUT2D eigenvalue weighted by atomic mass is 32.1. The van der Waals surface area contributed by atoms with Gasteiger partial charge in [-0.1, -0.05) is 24.3 Å². The van der Waals surface area contributed by atoms with E-state index in [1.54, 1.807) is 11.3 Å². The maximum absolute atomic E-state index is 4.87. The van der Waals surface area contributed by atoms with Gasteiger partial charge in [-0.25, -0.2) is 0 Å². The Morgan fingerprint density at radius 3 is 2.82 bits per heavy atom. The number of fused-ring (bicyclic) bond motifs is 4. The average molecular weight is 304 g/mol. The summed E-state index contributed by atoms with van der Waals surface area (Å²) in [5, 5.41) is 17.6. The minimum atomic E-state index is 0.808. The predicted octanol–water partition coefficient (Wildman–Crippen LogP) is 3.62. The van der Waals surface area contributed by atoms with Crippen LogP contribution in [0, 0.1) is 0 Å². The Morgan fingerprint density at radius 2 is 1.91 bits per heavy atom. The fraction of sp³-hybridized carbons (Fsp3) is 0.118. The molecule has 0 atom stereocenters. The van der Waals surface area contributed by atoms with Crippen molar-refractivity contribution in [3.8, 4) is 22.6 Å². The van der Waals surface area contributed by atoms with Crippen molar-refractivity contribution in [1.29, 1.82) is 0 Å². The molecule has 4 nitrogen and oxygen atoms in total. The van der Waals surface area contributed by atoms with Crippen LogP contribution < -0.4 is 0 Å². The van der Waals surface area contributed by atoms with Crippen LogP contribution in [0.15, 0.2) is 47.2 Å². The van der Waals surface area contributed by atoms with Crippen molar-refractivity contribution < 1.29 is 0 Å². The minimum absolute atomic E-state index is 0.808. The zero-order chi connectivity index (χ0) is 14.5. The van der Waals surface area contributed by atoms with Gasteiger partial charge >= 0.3 is 0 Å². The zero-order valence-corrected chi connectivity index (χ0v) is 12.5. The van der Waals surface area contributed by atoms with E-state index in [1.165, 1.54) is 16.7 Å². The lowest BCUT2D eigenvalue weighted by Crippen LogP contribution is -2.09. The van der Waals surface area contributed by atoms with Gasteiger partial charge < -0.3 is 0 Å². The third kappa shape index (κ3) is 1.66. The molecule has 5 rings (SSSR count). The van der Waals surface area contributed by atoms with Crippen molar-refractivity contribution in [2.75, 3.05) is 0 Å². The van der Waals surface area contributed by atoms with Crippen molar-refractivity contribution in [2.45, 2.75) is 12.8 Å². The molecule has 1 aliphatic rings. The van der Waals surface area contributed by atoms with Gasteiger partial charge in [-0.2, -0.15) is 21.0 Å². The highest BCUT2D eigenvalue weighted by Crippen LogP contribution is 2.32. The van der Waals surface area contributed by atoms with Gasteiger partial charge in [0.15, 0.2) is 11.5 Å². The van der Waals surface area contributed by atoms with Crippen LogP contribution in [-0.2, 0) is 12.8 Å². The van der Waals surface area contributed by atoms with E-state index in [4.69, 9.17) is 5.10 Å². The summed E-state index contributed by atoms with van der Waals surface area (Å²) < 4.78 is 1.86. The molecule has 0 N–H and O–H groups in total. The summed E-state index contributed by atoms with van der Waals surface area (Å²) in [5.74, 6) is 0.808. The van der Waals surface area contributed by atoms with Crippen molar-refractivity contribution in [2.24, 2.45) is 0 Å². The molecule has 1 aromatic carbocycles. The molecule has 22 heavy (non-hydrogen) atoms. The summed E-state index contributed by atoms with van der Waals surface area (Å²) >= 11 is 1.65. The molecular formula is C17H12N4S. The Hall–Kier alpha value is -2.53. The van der Waals surface area contributed by atoms with E-state index in [0.29, 0.717) is 0 Å². The van der Waals surface area contributed by atoms with Gasteiger partial charge in [-0.15, -0.1) is 10.2 Å². The highest BCUT2D eigenvalue weighted by Gasteiger charge is 2.20. The summed E-state index contributed by atoms with van der Waals surface area (Å²) in [6.07, 6.45) is 2.07. The zero-order valence-electron chi connectivity index (χ0n) is 11.7. The summed E-state index contributed by atoms with van der Waals surface area (Å²) in [5.41, 5.74) is 6.80. The van der Waals surface area contributed by atoms with Gasteiger partial charge in [0.05, 0.1) is 5.69 Å². The average Bonchev–Trinajstić information content (AvgIpc) is 3.21. The maximum Gasteiger partial charge on any atom is 0.186 e. The van der Waals surface area contributed by atoms with Crippen LogP contribution in [0.3, 0.4) is 0 Å². The van der Waals surface area contributed by atoms with Crippen LogP contribution in [-0.4, -0.2) is 19.8 Å². The van der Waals surface area contributed by atoms with E-state index in [0.717, 1.165) is 35.6 Å². The van der Waals surface area contributed by atoms with Gasteiger partial charge in [0, 0.05) is 16.5 Å². The van der Waals surface area contributed by atoms with E-state index in [2.05, 4.69) is 52.0 Å². The number of aromatic nitrogens is 4. The third-order valence-electron chi connectivity index (χ3n) is 4.19. The topological polar surface area (TPSA) is 43.1 Å². The molecular weight excluding hydrogens is 292 g/mol. The van der Waals surface area contributed by atoms with Crippen LogP contribution in [0.25, 0.3) is 28.3 Å². The van der Waals surface area contributed by atoms with Crippen LogP contribution in [0.5, 0.6) is 0 Å². The number of rotatable bonds is 1. The lowest BCUT2D eigenvalue weighted by molar-refractivity contribution is 0.872. The quantitative estimate of drug-likeness (QED) is 0.539. The molecule has 0 radical (unpaired) electrons. The Bertz CT molecular complexity index is 985. The van der Waals surface area contributed by atoms with Crippen LogP contribution in [0.1, 0.15) is 11.1 Å². The molecule has 0 saturated heterocycles. The fourth-order valence-electron chi connectivity index (χ4n) is 3.10. The van der Waals surface area contributed by atoms with Crippen molar-refractivity contribution in [1.82, 2.24) is 19.8 Å². The van der Waals surface area contributed by atoms with Crippen molar-refractivity contribution in [3.63, 3.8) is 0 Å². The first-order chi connectivity index (χ1) is 10.9. The SMILES string of the molecule is c1ccc2c(c1)CCc1cc3nnc(-c4ccsc4)n3nc1-2. The van der Waals surface area contributed by atoms with E-state index in [9.17, 15) is 0 Å². The van der Waals surface area contributed by atoms with Crippen LogP contribution in [0.4, 0.5) is 0 Å². The first-order valence-electron chi connectivity index (χ1n) is 7.26.